The minimum absolute atomic E-state index is 0.199. The third-order valence-corrected chi connectivity index (χ3v) is 3.40. The van der Waals surface area contributed by atoms with Gasteiger partial charge in [0.15, 0.2) is 11.6 Å². The summed E-state index contributed by atoms with van der Waals surface area (Å²) in [6.07, 6.45) is 0.991. The Bertz CT molecular complexity index is 569. The standard InChI is InChI=1S/C16H19FN2O/c1-3-11-4-6-12(7-5-11)16(19-18)13-8-9-14(17)15(10-13)20-2/h4-10,16,19H,3,18H2,1-2H3. The van der Waals surface area contributed by atoms with Crippen LogP contribution in [0, 0.1) is 5.82 Å². The zero-order valence-corrected chi connectivity index (χ0v) is 11.7. The van der Waals surface area contributed by atoms with Crippen LogP contribution in [0.4, 0.5) is 4.39 Å². The van der Waals surface area contributed by atoms with Gasteiger partial charge >= 0.3 is 0 Å². The van der Waals surface area contributed by atoms with E-state index in [0.29, 0.717) is 0 Å². The number of hydrogen-bond donors (Lipinski definition) is 2. The predicted octanol–water partition coefficient (Wildman–Crippen LogP) is 2.95. The fraction of sp³-hybridized carbons (Fsp3) is 0.250. The van der Waals surface area contributed by atoms with Gasteiger partial charge in [-0.3, -0.25) is 5.84 Å². The molecule has 3 nitrogen and oxygen atoms in total. The quantitative estimate of drug-likeness (QED) is 0.651. The van der Waals surface area contributed by atoms with Crippen LogP contribution in [0.2, 0.25) is 0 Å². The molecule has 2 aromatic carbocycles. The van der Waals surface area contributed by atoms with Gasteiger partial charge in [-0.05, 0) is 35.2 Å². The Labute approximate surface area is 118 Å². The molecule has 2 rings (SSSR count). The number of nitrogens with two attached hydrogens (primary N) is 1. The fourth-order valence-corrected chi connectivity index (χ4v) is 2.19. The van der Waals surface area contributed by atoms with E-state index in [-0.39, 0.29) is 17.6 Å². The van der Waals surface area contributed by atoms with Crippen LogP contribution in [0.5, 0.6) is 5.75 Å². The number of methoxy groups -OCH3 is 1. The van der Waals surface area contributed by atoms with Gasteiger partial charge in [0.05, 0.1) is 13.2 Å². The van der Waals surface area contributed by atoms with Gasteiger partial charge in [-0.15, -0.1) is 0 Å². The second kappa shape index (κ2) is 6.50. The van der Waals surface area contributed by atoms with Crippen LogP contribution in [0.15, 0.2) is 42.5 Å². The molecular weight excluding hydrogens is 255 g/mol. The van der Waals surface area contributed by atoms with Gasteiger partial charge < -0.3 is 4.74 Å². The monoisotopic (exact) mass is 274 g/mol. The molecule has 0 aromatic heterocycles. The van der Waals surface area contributed by atoms with Crippen LogP contribution < -0.4 is 16.0 Å². The summed E-state index contributed by atoms with van der Waals surface area (Å²) in [7, 11) is 1.45. The number of halogens is 1. The summed E-state index contributed by atoms with van der Waals surface area (Å²) >= 11 is 0. The summed E-state index contributed by atoms with van der Waals surface area (Å²) in [4.78, 5) is 0. The highest BCUT2D eigenvalue weighted by Gasteiger charge is 2.14. The first-order chi connectivity index (χ1) is 9.69. The van der Waals surface area contributed by atoms with Gasteiger partial charge in [0.1, 0.15) is 0 Å². The zero-order valence-electron chi connectivity index (χ0n) is 11.7. The van der Waals surface area contributed by atoms with E-state index < -0.39 is 0 Å². The number of nitrogens with one attached hydrogen (secondary N) is 1. The maximum absolute atomic E-state index is 13.5. The summed E-state index contributed by atoms with van der Waals surface area (Å²) in [6.45, 7) is 2.11. The zero-order chi connectivity index (χ0) is 14.5. The Hall–Kier alpha value is -1.91. The number of benzene rings is 2. The van der Waals surface area contributed by atoms with E-state index in [9.17, 15) is 4.39 Å². The number of aryl methyl sites for hydroxylation is 1. The fourth-order valence-electron chi connectivity index (χ4n) is 2.19. The first-order valence-electron chi connectivity index (χ1n) is 6.58. The van der Waals surface area contributed by atoms with Crippen molar-refractivity contribution in [1.29, 1.82) is 0 Å². The highest BCUT2D eigenvalue weighted by molar-refractivity contribution is 5.38. The summed E-state index contributed by atoms with van der Waals surface area (Å²) in [5, 5.41) is 0. The van der Waals surface area contributed by atoms with Crippen molar-refractivity contribution in [1.82, 2.24) is 5.43 Å². The van der Waals surface area contributed by atoms with Gasteiger partial charge in [0.25, 0.3) is 0 Å². The summed E-state index contributed by atoms with van der Waals surface area (Å²) in [6, 6.07) is 12.7. The normalized spacial score (nSPS) is 12.2. The molecule has 0 aliphatic rings. The SMILES string of the molecule is CCc1ccc(C(NN)c2ccc(F)c(OC)c2)cc1. The molecule has 1 unspecified atom stereocenters. The van der Waals surface area contributed by atoms with E-state index >= 15 is 0 Å². The molecule has 3 N–H and O–H groups in total. The summed E-state index contributed by atoms with van der Waals surface area (Å²) < 4.78 is 18.5. The van der Waals surface area contributed by atoms with Crippen LogP contribution in [0.25, 0.3) is 0 Å². The average molecular weight is 274 g/mol. The lowest BCUT2D eigenvalue weighted by Gasteiger charge is -2.18. The molecule has 2 aromatic rings. The van der Waals surface area contributed by atoms with Crippen LogP contribution in [-0.4, -0.2) is 7.11 Å². The Morgan fingerprint density at radius 2 is 1.80 bits per heavy atom. The van der Waals surface area contributed by atoms with Crippen LogP contribution in [0.3, 0.4) is 0 Å². The van der Waals surface area contributed by atoms with Crippen molar-refractivity contribution in [3.05, 3.63) is 65.0 Å². The maximum Gasteiger partial charge on any atom is 0.165 e. The largest absolute Gasteiger partial charge is 0.494 e. The highest BCUT2D eigenvalue weighted by atomic mass is 19.1. The molecule has 0 fully saturated rings. The minimum atomic E-state index is -0.381. The number of hydrogen-bond acceptors (Lipinski definition) is 3. The molecule has 0 bridgehead atoms. The van der Waals surface area contributed by atoms with Crippen molar-refractivity contribution in [2.75, 3.05) is 7.11 Å². The van der Waals surface area contributed by atoms with Gasteiger partial charge in [-0.2, -0.15) is 0 Å². The van der Waals surface area contributed by atoms with Crippen LogP contribution in [0.1, 0.15) is 29.7 Å². The Morgan fingerprint density at radius 1 is 1.15 bits per heavy atom. The lowest BCUT2D eigenvalue weighted by Crippen LogP contribution is -2.28. The van der Waals surface area contributed by atoms with E-state index in [0.717, 1.165) is 17.5 Å². The predicted molar refractivity (Wildman–Crippen MR) is 77.9 cm³/mol. The Kier molecular flexibility index (Phi) is 4.71. The molecule has 20 heavy (non-hydrogen) atoms. The molecule has 0 aliphatic carbocycles. The van der Waals surface area contributed by atoms with Gasteiger partial charge in [-0.1, -0.05) is 37.3 Å². The van der Waals surface area contributed by atoms with Crippen molar-refractivity contribution < 1.29 is 9.13 Å². The van der Waals surface area contributed by atoms with E-state index in [2.05, 4.69) is 24.5 Å². The molecule has 0 amide bonds. The molecule has 4 heteroatoms. The maximum atomic E-state index is 13.5. The Balaban J connectivity index is 2.35. The smallest absolute Gasteiger partial charge is 0.165 e. The molecular formula is C16H19FN2O. The Morgan fingerprint density at radius 3 is 2.35 bits per heavy atom. The number of rotatable bonds is 5. The van der Waals surface area contributed by atoms with Gasteiger partial charge in [0.2, 0.25) is 0 Å². The second-order valence-corrected chi connectivity index (χ2v) is 4.59. The highest BCUT2D eigenvalue weighted by Crippen LogP contribution is 2.26. The lowest BCUT2D eigenvalue weighted by molar-refractivity contribution is 0.385. The molecule has 0 saturated heterocycles. The first-order valence-corrected chi connectivity index (χ1v) is 6.58. The van der Waals surface area contributed by atoms with E-state index in [1.54, 1.807) is 12.1 Å². The van der Waals surface area contributed by atoms with Crippen molar-refractivity contribution in [2.24, 2.45) is 5.84 Å². The average Bonchev–Trinajstić information content (AvgIpc) is 2.50. The van der Waals surface area contributed by atoms with Crippen molar-refractivity contribution >= 4 is 0 Å². The topological polar surface area (TPSA) is 47.3 Å². The second-order valence-electron chi connectivity index (χ2n) is 4.59. The minimum Gasteiger partial charge on any atom is -0.494 e. The molecule has 1 atom stereocenters. The summed E-state index contributed by atoms with van der Waals surface area (Å²) in [5.41, 5.74) is 5.91. The van der Waals surface area contributed by atoms with Crippen LogP contribution in [-0.2, 0) is 6.42 Å². The molecule has 0 heterocycles. The van der Waals surface area contributed by atoms with E-state index in [1.807, 2.05) is 12.1 Å². The number of ether oxygens (including phenoxy) is 1. The van der Waals surface area contributed by atoms with E-state index in [1.165, 1.54) is 18.7 Å². The first kappa shape index (κ1) is 14.5. The molecule has 0 spiro atoms. The van der Waals surface area contributed by atoms with Gasteiger partial charge in [0, 0.05) is 0 Å². The van der Waals surface area contributed by atoms with E-state index in [4.69, 9.17) is 10.6 Å². The van der Waals surface area contributed by atoms with Crippen molar-refractivity contribution in [3.8, 4) is 5.75 Å². The third kappa shape index (κ3) is 2.98. The summed E-state index contributed by atoms with van der Waals surface area (Å²) in [5.74, 6) is 5.49. The third-order valence-electron chi connectivity index (χ3n) is 3.40. The molecule has 0 saturated carbocycles. The molecule has 0 aliphatic heterocycles. The lowest BCUT2D eigenvalue weighted by atomic mass is 9.97. The van der Waals surface area contributed by atoms with Crippen LogP contribution >= 0.6 is 0 Å². The van der Waals surface area contributed by atoms with Gasteiger partial charge in [-0.25, -0.2) is 9.82 Å². The molecule has 106 valence electrons. The number of hydrazine groups is 1. The van der Waals surface area contributed by atoms with Crippen molar-refractivity contribution in [2.45, 2.75) is 19.4 Å². The molecule has 0 radical (unpaired) electrons. The van der Waals surface area contributed by atoms with Crippen molar-refractivity contribution in [3.63, 3.8) is 0 Å².